The SMILES string of the molecule is Cn1ccc(Cn2ccc(-n3nc(-c4ccc(C(F)(F)F)cc4)c4ncccc43)cc2=O)n1. The topological polar surface area (TPSA) is 70.5 Å². The van der Waals surface area contributed by atoms with Crippen LogP contribution in [0.1, 0.15) is 11.3 Å². The summed E-state index contributed by atoms with van der Waals surface area (Å²) in [6.07, 6.45) is 0.638. The summed E-state index contributed by atoms with van der Waals surface area (Å²) in [4.78, 5) is 17.1. The highest BCUT2D eigenvalue weighted by molar-refractivity contribution is 5.90. The number of rotatable bonds is 4. The molecule has 5 rings (SSSR count). The first kappa shape index (κ1) is 20.7. The van der Waals surface area contributed by atoms with E-state index in [9.17, 15) is 18.0 Å². The third-order valence-corrected chi connectivity index (χ3v) is 5.25. The van der Waals surface area contributed by atoms with Gasteiger partial charge in [0.15, 0.2) is 0 Å². The van der Waals surface area contributed by atoms with Gasteiger partial charge >= 0.3 is 6.18 Å². The lowest BCUT2D eigenvalue weighted by atomic mass is 10.1. The molecule has 1 aromatic carbocycles. The van der Waals surface area contributed by atoms with Gasteiger partial charge in [-0.15, -0.1) is 0 Å². The van der Waals surface area contributed by atoms with Crippen LogP contribution >= 0.6 is 0 Å². The largest absolute Gasteiger partial charge is 0.416 e. The Morgan fingerprint density at radius 2 is 1.76 bits per heavy atom. The molecular weight excluding hydrogens is 433 g/mol. The predicted octanol–water partition coefficient (Wildman–Crippen LogP) is 4.05. The smallest absolute Gasteiger partial charge is 0.309 e. The molecule has 0 radical (unpaired) electrons. The molecule has 0 unspecified atom stereocenters. The number of alkyl halides is 3. The van der Waals surface area contributed by atoms with E-state index >= 15 is 0 Å². The van der Waals surface area contributed by atoms with Crippen molar-refractivity contribution in [3.63, 3.8) is 0 Å². The summed E-state index contributed by atoms with van der Waals surface area (Å²) >= 11 is 0. The van der Waals surface area contributed by atoms with Crippen molar-refractivity contribution in [1.82, 2.24) is 29.1 Å². The van der Waals surface area contributed by atoms with E-state index < -0.39 is 11.7 Å². The van der Waals surface area contributed by atoms with Crippen LogP contribution in [0.3, 0.4) is 0 Å². The normalized spacial score (nSPS) is 11.9. The third-order valence-electron chi connectivity index (χ3n) is 5.25. The highest BCUT2D eigenvalue weighted by Gasteiger charge is 2.30. The van der Waals surface area contributed by atoms with Crippen LogP contribution in [-0.2, 0) is 19.8 Å². The molecule has 0 spiro atoms. The van der Waals surface area contributed by atoms with Gasteiger partial charge in [-0.3, -0.25) is 14.5 Å². The molecule has 0 aliphatic carbocycles. The van der Waals surface area contributed by atoms with Crippen LogP contribution in [-0.4, -0.2) is 29.1 Å². The lowest BCUT2D eigenvalue weighted by Crippen LogP contribution is -2.20. The molecule has 0 saturated carbocycles. The average molecular weight is 450 g/mol. The standard InChI is InChI=1S/C23H17F3N6O/c1-30-11-8-17(28-30)14-31-12-9-18(13-20(31)33)32-19-3-2-10-27-22(19)21(29-32)15-4-6-16(7-5-15)23(24,25)26/h2-13H,14H2,1H3. The first-order valence-corrected chi connectivity index (χ1v) is 10.0. The van der Waals surface area contributed by atoms with Gasteiger partial charge in [-0.05, 0) is 36.4 Å². The molecular formula is C23H17F3N6O. The van der Waals surface area contributed by atoms with Crippen LogP contribution in [0, 0.1) is 0 Å². The summed E-state index contributed by atoms with van der Waals surface area (Å²) < 4.78 is 43.6. The van der Waals surface area contributed by atoms with Crippen molar-refractivity contribution in [2.75, 3.05) is 0 Å². The maximum atomic E-state index is 12.9. The Balaban J connectivity index is 1.56. The van der Waals surface area contributed by atoms with Crippen molar-refractivity contribution >= 4 is 11.0 Å². The summed E-state index contributed by atoms with van der Waals surface area (Å²) in [5.74, 6) is 0. The zero-order valence-electron chi connectivity index (χ0n) is 17.4. The number of halogens is 3. The van der Waals surface area contributed by atoms with Crippen LogP contribution in [0.5, 0.6) is 0 Å². The molecule has 0 N–H and O–H groups in total. The van der Waals surface area contributed by atoms with Crippen LogP contribution in [0.25, 0.3) is 28.0 Å². The summed E-state index contributed by atoms with van der Waals surface area (Å²) in [7, 11) is 1.81. The molecule has 0 fully saturated rings. The van der Waals surface area contributed by atoms with Gasteiger partial charge in [0.2, 0.25) is 0 Å². The number of benzene rings is 1. The summed E-state index contributed by atoms with van der Waals surface area (Å²) in [6, 6.07) is 13.3. The van der Waals surface area contributed by atoms with Crippen molar-refractivity contribution in [3.05, 3.63) is 94.8 Å². The molecule has 0 amide bonds. The van der Waals surface area contributed by atoms with E-state index in [1.54, 1.807) is 53.2 Å². The summed E-state index contributed by atoms with van der Waals surface area (Å²) in [5.41, 5.74) is 2.38. The Kier molecular flexibility index (Phi) is 4.85. The zero-order valence-corrected chi connectivity index (χ0v) is 17.4. The van der Waals surface area contributed by atoms with E-state index in [1.807, 2.05) is 6.07 Å². The maximum absolute atomic E-state index is 12.9. The monoisotopic (exact) mass is 450 g/mol. The van der Waals surface area contributed by atoms with Gasteiger partial charge in [0.25, 0.3) is 5.56 Å². The molecule has 0 saturated heterocycles. The van der Waals surface area contributed by atoms with Gasteiger partial charge in [-0.25, -0.2) is 4.68 Å². The minimum atomic E-state index is -4.42. The van der Waals surface area contributed by atoms with E-state index in [1.165, 1.54) is 22.8 Å². The number of hydrogen-bond acceptors (Lipinski definition) is 4. The number of aromatic nitrogens is 6. The van der Waals surface area contributed by atoms with Crippen LogP contribution in [0.2, 0.25) is 0 Å². The highest BCUT2D eigenvalue weighted by atomic mass is 19.4. The number of fused-ring (bicyclic) bond motifs is 1. The lowest BCUT2D eigenvalue weighted by Gasteiger charge is -2.07. The second-order valence-corrected chi connectivity index (χ2v) is 7.54. The minimum Gasteiger partial charge on any atom is -0.309 e. The van der Waals surface area contributed by atoms with Gasteiger partial charge < -0.3 is 4.57 Å². The van der Waals surface area contributed by atoms with Gasteiger partial charge in [0.1, 0.15) is 11.2 Å². The Morgan fingerprint density at radius 3 is 2.42 bits per heavy atom. The second-order valence-electron chi connectivity index (χ2n) is 7.54. The molecule has 5 aromatic rings. The van der Waals surface area contributed by atoms with Crippen molar-refractivity contribution in [1.29, 1.82) is 0 Å². The number of pyridine rings is 2. The Labute approximate surface area is 185 Å². The fourth-order valence-corrected chi connectivity index (χ4v) is 3.64. The zero-order chi connectivity index (χ0) is 23.2. The van der Waals surface area contributed by atoms with Gasteiger partial charge in [0.05, 0.1) is 29.0 Å². The maximum Gasteiger partial charge on any atom is 0.416 e. The lowest BCUT2D eigenvalue weighted by molar-refractivity contribution is -0.137. The fourth-order valence-electron chi connectivity index (χ4n) is 3.64. The molecule has 7 nitrogen and oxygen atoms in total. The first-order chi connectivity index (χ1) is 15.8. The molecule has 4 aromatic heterocycles. The van der Waals surface area contributed by atoms with Crippen LogP contribution in [0.15, 0.2) is 78.0 Å². The molecule has 0 aliphatic rings. The van der Waals surface area contributed by atoms with Crippen molar-refractivity contribution in [3.8, 4) is 16.9 Å². The number of aryl methyl sites for hydroxylation is 1. The third kappa shape index (κ3) is 3.91. The molecule has 0 atom stereocenters. The summed E-state index contributed by atoms with van der Waals surface area (Å²) in [6.45, 7) is 0.332. The highest BCUT2D eigenvalue weighted by Crippen LogP contribution is 2.32. The Morgan fingerprint density at radius 1 is 0.970 bits per heavy atom. The molecule has 0 bridgehead atoms. The van der Waals surface area contributed by atoms with Crippen LogP contribution in [0.4, 0.5) is 13.2 Å². The molecule has 4 heterocycles. The average Bonchev–Trinajstić information content (AvgIpc) is 3.38. The van der Waals surface area contributed by atoms with Crippen molar-refractivity contribution in [2.45, 2.75) is 12.7 Å². The Bertz CT molecular complexity index is 1510. The predicted molar refractivity (Wildman–Crippen MR) is 116 cm³/mol. The van der Waals surface area contributed by atoms with Crippen molar-refractivity contribution in [2.24, 2.45) is 7.05 Å². The van der Waals surface area contributed by atoms with Gasteiger partial charge in [-0.2, -0.15) is 23.4 Å². The molecule has 33 heavy (non-hydrogen) atoms. The summed E-state index contributed by atoms with van der Waals surface area (Å²) in [5, 5.41) is 8.88. The van der Waals surface area contributed by atoms with Gasteiger partial charge in [0, 0.05) is 37.3 Å². The van der Waals surface area contributed by atoms with E-state index in [0.717, 1.165) is 17.8 Å². The van der Waals surface area contributed by atoms with E-state index in [2.05, 4.69) is 15.2 Å². The number of nitrogens with zero attached hydrogens (tertiary/aromatic N) is 6. The van der Waals surface area contributed by atoms with E-state index in [4.69, 9.17) is 0 Å². The second kappa shape index (κ2) is 7.73. The quantitative estimate of drug-likeness (QED) is 0.414. The Hall–Kier alpha value is -4.21. The van der Waals surface area contributed by atoms with Gasteiger partial charge in [-0.1, -0.05) is 12.1 Å². The fraction of sp³-hybridized carbons (Fsp3) is 0.130. The van der Waals surface area contributed by atoms with Crippen molar-refractivity contribution < 1.29 is 13.2 Å². The van der Waals surface area contributed by atoms with Crippen LogP contribution < -0.4 is 5.56 Å². The minimum absolute atomic E-state index is 0.234. The van der Waals surface area contributed by atoms with E-state index in [0.29, 0.717) is 34.5 Å². The van der Waals surface area contributed by atoms with E-state index in [-0.39, 0.29) is 5.56 Å². The first-order valence-electron chi connectivity index (χ1n) is 10.0. The molecule has 166 valence electrons. The molecule has 10 heteroatoms. The molecule has 0 aliphatic heterocycles. The number of hydrogen-bond donors (Lipinski definition) is 0.